The van der Waals surface area contributed by atoms with E-state index in [1.165, 1.54) is 0 Å². The predicted molar refractivity (Wildman–Crippen MR) is 63.1 cm³/mol. The number of nitrogens with zero attached hydrogens (tertiary/aromatic N) is 2. The van der Waals surface area contributed by atoms with Crippen LogP contribution < -0.4 is 5.73 Å². The molecule has 1 aliphatic heterocycles. The third-order valence-electron chi connectivity index (χ3n) is 2.82. The summed E-state index contributed by atoms with van der Waals surface area (Å²) in [6.07, 6.45) is 3.69. The monoisotopic (exact) mass is 235 g/mol. The minimum absolute atomic E-state index is 0.0403. The number of carbonyl (C=O) groups excluding carboxylic acids is 1. The number of amides is 1. The van der Waals surface area contributed by atoms with E-state index < -0.39 is 0 Å². The van der Waals surface area contributed by atoms with Gasteiger partial charge < -0.3 is 15.4 Å². The summed E-state index contributed by atoms with van der Waals surface area (Å²) in [5.41, 5.74) is 6.55. The van der Waals surface area contributed by atoms with Crippen LogP contribution in [-0.4, -0.2) is 41.6 Å². The SMILES string of the molecule is NCCC1OCCN(Cc2ccncc2)C1=O. The molecule has 92 valence electrons. The zero-order valence-corrected chi connectivity index (χ0v) is 9.71. The average molecular weight is 235 g/mol. The van der Waals surface area contributed by atoms with Gasteiger partial charge in [0.1, 0.15) is 6.10 Å². The first kappa shape index (κ1) is 12.0. The predicted octanol–water partition coefficient (Wildman–Crippen LogP) is 0.158. The standard InChI is InChI=1S/C12H17N3O2/c13-4-1-11-12(16)15(7-8-17-11)9-10-2-5-14-6-3-10/h2-3,5-6,11H,1,4,7-9,13H2. The summed E-state index contributed by atoms with van der Waals surface area (Å²) in [5.74, 6) is 0.0403. The Balaban J connectivity index is 1.98. The lowest BCUT2D eigenvalue weighted by molar-refractivity contribution is -0.153. The van der Waals surface area contributed by atoms with E-state index in [0.29, 0.717) is 32.7 Å². The highest BCUT2D eigenvalue weighted by Crippen LogP contribution is 2.13. The van der Waals surface area contributed by atoms with Crippen LogP contribution >= 0.6 is 0 Å². The van der Waals surface area contributed by atoms with Crippen molar-refractivity contribution in [1.82, 2.24) is 9.88 Å². The Morgan fingerprint density at radius 2 is 2.24 bits per heavy atom. The molecule has 0 bridgehead atoms. The zero-order chi connectivity index (χ0) is 12.1. The second-order valence-corrected chi connectivity index (χ2v) is 4.05. The Bertz CT molecular complexity index is 367. The number of carbonyl (C=O) groups is 1. The van der Waals surface area contributed by atoms with Gasteiger partial charge in [-0.3, -0.25) is 9.78 Å². The quantitative estimate of drug-likeness (QED) is 0.807. The van der Waals surface area contributed by atoms with Gasteiger partial charge in [0, 0.05) is 25.5 Å². The minimum Gasteiger partial charge on any atom is -0.366 e. The summed E-state index contributed by atoms with van der Waals surface area (Å²) in [6, 6.07) is 3.83. The number of morpholine rings is 1. The highest BCUT2D eigenvalue weighted by Gasteiger charge is 2.28. The Morgan fingerprint density at radius 1 is 1.47 bits per heavy atom. The Kier molecular flexibility index (Phi) is 4.06. The van der Waals surface area contributed by atoms with Gasteiger partial charge in [-0.1, -0.05) is 0 Å². The van der Waals surface area contributed by atoms with E-state index in [2.05, 4.69) is 4.98 Å². The molecule has 0 spiro atoms. The number of aromatic nitrogens is 1. The molecule has 0 aliphatic carbocycles. The van der Waals surface area contributed by atoms with Crippen molar-refractivity contribution in [2.75, 3.05) is 19.7 Å². The molecule has 0 saturated carbocycles. The fourth-order valence-electron chi connectivity index (χ4n) is 1.91. The molecule has 1 fully saturated rings. The normalized spacial score (nSPS) is 20.6. The third kappa shape index (κ3) is 3.01. The zero-order valence-electron chi connectivity index (χ0n) is 9.71. The summed E-state index contributed by atoms with van der Waals surface area (Å²) < 4.78 is 5.42. The molecule has 0 radical (unpaired) electrons. The molecule has 1 aliphatic rings. The summed E-state index contributed by atoms with van der Waals surface area (Å²) in [5, 5.41) is 0. The number of hydrogen-bond donors (Lipinski definition) is 1. The van der Waals surface area contributed by atoms with Crippen molar-refractivity contribution >= 4 is 5.91 Å². The van der Waals surface area contributed by atoms with E-state index in [0.717, 1.165) is 5.56 Å². The van der Waals surface area contributed by atoms with Crippen molar-refractivity contribution in [3.8, 4) is 0 Å². The maximum absolute atomic E-state index is 12.0. The van der Waals surface area contributed by atoms with E-state index in [1.807, 2.05) is 17.0 Å². The number of rotatable bonds is 4. The van der Waals surface area contributed by atoms with Crippen molar-refractivity contribution < 1.29 is 9.53 Å². The first-order valence-corrected chi connectivity index (χ1v) is 5.80. The number of hydrogen-bond acceptors (Lipinski definition) is 4. The molecule has 2 N–H and O–H groups in total. The summed E-state index contributed by atoms with van der Waals surface area (Å²) >= 11 is 0. The van der Waals surface area contributed by atoms with Crippen LogP contribution in [0.15, 0.2) is 24.5 Å². The van der Waals surface area contributed by atoms with Gasteiger partial charge in [-0.2, -0.15) is 0 Å². The van der Waals surface area contributed by atoms with E-state index >= 15 is 0 Å². The van der Waals surface area contributed by atoms with Crippen LogP contribution in [0.25, 0.3) is 0 Å². The smallest absolute Gasteiger partial charge is 0.252 e. The molecular weight excluding hydrogens is 218 g/mol. The lowest BCUT2D eigenvalue weighted by Crippen LogP contribution is -2.47. The van der Waals surface area contributed by atoms with Gasteiger partial charge in [0.15, 0.2) is 0 Å². The molecule has 5 heteroatoms. The molecule has 17 heavy (non-hydrogen) atoms. The summed E-state index contributed by atoms with van der Waals surface area (Å²) in [7, 11) is 0. The number of pyridine rings is 1. The topological polar surface area (TPSA) is 68.5 Å². The lowest BCUT2D eigenvalue weighted by Gasteiger charge is -2.32. The van der Waals surface area contributed by atoms with Gasteiger partial charge in [0.2, 0.25) is 0 Å². The largest absolute Gasteiger partial charge is 0.366 e. The number of ether oxygens (including phenoxy) is 1. The second kappa shape index (κ2) is 5.75. The molecular formula is C12H17N3O2. The molecule has 5 nitrogen and oxygen atoms in total. The Hall–Kier alpha value is -1.46. The van der Waals surface area contributed by atoms with E-state index in [1.54, 1.807) is 12.4 Å². The molecule has 1 atom stereocenters. The van der Waals surface area contributed by atoms with Gasteiger partial charge in [-0.15, -0.1) is 0 Å². The molecule has 1 aromatic heterocycles. The lowest BCUT2D eigenvalue weighted by atomic mass is 10.1. The van der Waals surface area contributed by atoms with E-state index in [-0.39, 0.29) is 12.0 Å². The number of nitrogens with two attached hydrogens (primary N) is 1. The van der Waals surface area contributed by atoms with Gasteiger partial charge in [0.05, 0.1) is 6.61 Å². The van der Waals surface area contributed by atoms with Crippen LogP contribution in [0.3, 0.4) is 0 Å². The first-order valence-electron chi connectivity index (χ1n) is 5.80. The average Bonchev–Trinajstić information content (AvgIpc) is 2.36. The third-order valence-corrected chi connectivity index (χ3v) is 2.82. The highest BCUT2D eigenvalue weighted by atomic mass is 16.5. The molecule has 2 heterocycles. The second-order valence-electron chi connectivity index (χ2n) is 4.05. The van der Waals surface area contributed by atoms with Gasteiger partial charge in [-0.25, -0.2) is 0 Å². The summed E-state index contributed by atoms with van der Waals surface area (Å²) in [4.78, 5) is 17.8. The fraction of sp³-hybridized carbons (Fsp3) is 0.500. The van der Waals surface area contributed by atoms with Crippen LogP contribution in [0.4, 0.5) is 0 Å². The molecule has 1 saturated heterocycles. The van der Waals surface area contributed by atoms with E-state index in [4.69, 9.17) is 10.5 Å². The van der Waals surface area contributed by atoms with Crippen LogP contribution in [0.2, 0.25) is 0 Å². The molecule has 0 aromatic carbocycles. The van der Waals surface area contributed by atoms with Crippen LogP contribution in [-0.2, 0) is 16.1 Å². The summed E-state index contributed by atoms with van der Waals surface area (Å²) in [6.45, 7) is 2.31. The van der Waals surface area contributed by atoms with Crippen LogP contribution in [0.5, 0.6) is 0 Å². The Morgan fingerprint density at radius 3 is 2.94 bits per heavy atom. The van der Waals surface area contributed by atoms with Crippen LogP contribution in [0.1, 0.15) is 12.0 Å². The molecule has 1 aromatic rings. The maximum atomic E-state index is 12.0. The minimum atomic E-state index is -0.365. The van der Waals surface area contributed by atoms with Crippen molar-refractivity contribution in [3.63, 3.8) is 0 Å². The van der Waals surface area contributed by atoms with Gasteiger partial charge in [0.25, 0.3) is 5.91 Å². The van der Waals surface area contributed by atoms with Crippen LogP contribution in [0, 0.1) is 0 Å². The van der Waals surface area contributed by atoms with Crippen molar-refractivity contribution in [3.05, 3.63) is 30.1 Å². The highest BCUT2D eigenvalue weighted by molar-refractivity contribution is 5.81. The molecule has 1 amide bonds. The Labute approximate surface area is 101 Å². The van der Waals surface area contributed by atoms with Gasteiger partial charge >= 0.3 is 0 Å². The van der Waals surface area contributed by atoms with Crippen molar-refractivity contribution in [2.24, 2.45) is 5.73 Å². The molecule has 1 unspecified atom stereocenters. The van der Waals surface area contributed by atoms with Crippen molar-refractivity contribution in [2.45, 2.75) is 19.1 Å². The first-order chi connectivity index (χ1) is 8.31. The van der Waals surface area contributed by atoms with Gasteiger partial charge in [-0.05, 0) is 30.7 Å². The molecule has 2 rings (SSSR count). The van der Waals surface area contributed by atoms with E-state index in [9.17, 15) is 4.79 Å². The van der Waals surface area contributed by atoms with Crippen molar-refractivity contribution in [1.29, 1.82) is 0 Å². The maximum Gasteiger partial charge on any atom is 0.252 e. The fourth-order valence-corrected chi connectivity index (χ4v) is 1.91.